The van der Waals surface area contributed by atoms with E-state index in [4.69, 9.17) is 23.2 Å². The molecule has 2 amide bonds. The number of amides is 2. The topological polar surface area (TPSA) is 58.2 Å². The molecule has 0 radical (unpaired) electrons. The first-order chi connectivity index (χ1) is 9.80. The minimum Gasteiger partial charge on any atom is -0.352 e. The van der Waals surface area contributed by atoms with Gasteiger partial charge in [0.15, 0.2) is 0 Å². The molecule has 1 atom stereocenters. The molecule has 0 aliphatic heterocycles. The molecule has 0 saturated heterocycles. The van der Waals surface area contributed by atoms with Crippen LogP contribution in [-0.2, 0) is 11.3 Å². The van der Waals surface area contributed by atoms with Gasteiger partial charge in [0.05, 0.1) is 5.41 Å². The Morgan fingerprint density at radius 3 is 2.52 bits per heavy atom. The maximum atomic E-state index is 12.1. The third-order valence-corrected chi connectivity index (χ3v) is 4.84. The molecule has 1 aliphatic carbocycles. The van der Waals surface area contributed by atoms with Gasteiger partial charge in [0.25, 0.3) is 5.91 Å². The van der Waals surface area contributed by atoms with Gasteiger partial charge in [-0.1, -0.05) is 12.1 Å². The highest BCUT2D eigenvalue weighted by Gasteiger charge is 2.67. The molecular weight excluding hydrogens is 311 g/mol. The Hall–Kier alpha value is -1.26. The van der Waals surface area contributed by atoms with Crippen molar-refractivity contribution < 1.29 is 9.59 Å². The number of alkyl halides is 2. The average molecular weight is 329 g/mol. The maximum Gasteiger partial charge on any atom is 0.251 e. The molecule has 2 rings (SSSR count). The van der Waals surface area contributed by atoms with Crippen LogP contribution in [0.5, 0.6) is 0 Å². The largest absolute Gasteiger partial charge is 0.352 e. The second-order valence-electron chi connectivity index (χ2n) is 5.46. The summed E-state index contributed by atoms with van der Waals surface area (Å²) in [5, 5.41) is 5.55. The highest BCUT2D eigenvalue weighted by Crippen LogP contribution is 2.63. The van der Waals surface area contributed by atoms with Crippen molar-refractivity contribution >= 4 is 35.0 Å². The zero-order valence-electron chi connectivity index (χ0n) is 12.0. The number of rotatable bonds is 5. The number of halogens is 2. The summed E-state index contributed by atoms with van der Waals surface area (Å²) in [5.41, 5.74) is 0.698. The predicted molar refractivity (Wildman–Crippen MR) is 83.5 cm³/mol. The summed E-state index contributed by atoms with van der Waals surface area (Å²) < 4.78 is -0.972. The number of benzene rings is 1. The molecule has 1 aromatic rings. The fraction of sp³-hybridized carbons (Fsp3) is 0.467. The van der Waals surface area contributed by atoms with E-state index in [9.17, 15) is 9.59 Å². The highest BCUT2D eigenvalue weighted by atomic mass is 35.5. The van der Waals surface area contributed by atoms with Gasteiger partial charge in [-0.2, -0.15) is 0 Å². The summed E-state index contributed by atoms with van der Waals surface area (Å²) in [7, 11) is 0. The van der Waals surface area contributed by atoms with Crippen molar-refractivity contribution in [3.05, 3.63) is 35.4 Å². The van der Waals surface area contributed by atoms with E-state index in [2.05, 4.69) is 10.6 Å². The van der Waals surface area contributed by atoms with Crippen LogP contribution in [0.3, 0.4) is 0 Å². The van der Waals surface area contributed by atoms with Gasteiger partial charge in [-0.3, -0.25) is 9.59 Å². The van der Waals surface area contributed by atoms with Crippen molar-refractivity contribution in [3.63, 3.8) is 0 Å². The Kier molecular flexibility index (Phi) is 4.49. The molecule has 0 heterocycles. The molecule has 114 valence electrons. The lowest BCUT2D eigenvalue weighted by Gasteiger charge is -2.13. The fourth-order valence-corrected chi connectivity index (χ4v) is 2.81. The predicted octanol–water partition coefficient (Wildman–Crippen LogP) is 2.64. The van der Waals surface area contributed by atoms with E-state index in [0.29, 0.717) is 25.1 Å². The maximum absolute atomic E-state index is 12.1. The molecule has 4 nitrogen and oxygen atoms in total. The zero-order chi connectivity index (χ0) is 15.7. The third kappa shape index (κ3) is 3.33. The molecule has 1 saturated carbocycles. The van der Waals surface area contributed by atoms with E-state index in [1.807, 2.05) is 13.0 Å². The molecule has 0 spiro atoms. The summed E-state index contributed by atoms with van der Waals surface area (Å²) in [4.78, 5) is 23.8. The van der Waals surface area contributed by atoms with Gasteiger partial charge in [-0.25, -0.2) is 0 Å². The Balaban J connectivity index is 1.97. The molecule has 0 bridgehead atoms. The van der Waals surface area contributed by atoms with Crippen LogP contribution in [0.1, 0.15) is 36.2 Å². The molecule has 2 N–H and O–H groups in total. The number of carbonyl (C=O) groups is 2. The molecule has 0 aromatic heterocycles. The van der Waals surface area contributed by atoms with Crippen molar-refractivity contribution in [1.29, 1.82) is 0 Å². The van der Waals surface area contributed by atoms with E-state index < -0.39 is 9.75 Å². The average Bonchev–Trinajstić information content (AvgIpc) is 2.97. The minimum absolute atomic E-state index is 0.125. The Morgan fingerprint density at radius 1 is 1.29 bits per heavy atom. The molecule has 21 heavy (non-hydrogen) atoms. The zero-order valence-corrected chi connectivity index (χ0v) is 13.5. The summed E-state index contributed by atoms with van der Waals surface area (Å²) in [6.07, 6.45) is 0.452. The number of carbonyl (C=O) groups excluding carboxylic acids is 2. The first kappa shape index (κ1) is 16.1. The van der Waals surface area contributed by atoms with Gasteiger partial charge in [0.1, 0.15) is 4.33 Å². The number of nitrogens with one attached hydrogen (secondary N) is 2. The van der Waals surface area contributed by atoms with Crippen LogP contribution in [0.25, 0.3) is 0 Å². The van der Waals surface area contributed by atoms with Crippen LogP contribution in [0.4, 0.5) is 0 Å². The van der Waals surface area contributed by atoms with Gasteiger partial charge in [-0.05, 0) is 38.0 Å². The van der Waals surface area contributed by atoms with Crippen molar-refractivity contribution in [1.82, 2.24) is 10.6 Å². The second-order valence-corrected chi connectivity index (χ2v) is 6.94. The monoisotopic (exact) mass is 328 g/mol. The molecule has 6 heteroatoms. The Morgan fingerprint density at radius 2 is 1.95 bits per heavy atom. The first-order valence-electron chi connectivity index (χ1n) is 6.83. The molecule has 1 aromatic carbocycles. The normalized spacial score (nSPS) is 22.5. The molecule has 0 unspecified atom stereocenters. The van der Waals surface area contributed by atoms with Crippen molar-refractivity contribution in [2.75, 3.05) is 6.54 Å². The van der Waals surface area contributed by atoms with E-state index in [-0.39, 0.29) is 11.8 Å². The summed E-state index contributed by atoms with van der Waals surface area (Å²) in [5.74, 6) is -0.295. The first-order valence-corrected chi connectivity index (χ1v) is 7.59. The van der Waals surface area contributed by atoms with E-state index >= 15 is 0 Å². The SMILES string of the molecule is CCNC(=O)c1cccc(CNC(=O)[C@]2(C)CC2(Cl)Cl)c1. The van der Waals surface area contributed by atoms with Crippen LogP contribution in [-0.4, -0.2) is 22.7 Å². The molecule has 1 aliphatic rings. The third-order valence-electron chi connectivity index (χ3n) is 3.74. The van der Waals surface area contributed by atoms with Crippen molar-refractivity contribution in [2.24, 2.45) is 5.41 Å². The van der Waals surface area contributed by atoms with Crippen molar-refractivity contribution in [3.8, 4) is 0 Å². The van der Waals surface area contributed by atoms with Crippen LogP contribution in [0, 0.1) is 5.41 Å². The lowest BCUT2D eigenvalue weighted by atomic mass is 10.1. The fourth-order valence-electron chi connectivity index (χ4n) is 2.11. The van der Waals surface area contributed by atoms with E-state index in [0.717, 1.165) is 5.56 Å². The van der Waals surface area contributed by atoms with Gasteiger partial charge < -0.3 is 10.6 Å². The van der Waals surface area contributed by atoms with Gasteiger partial charge in [0.2, 0.25) is 5.91 Å². The summed E-state index contributed by atoms with van der Waals surface area (Å²) in [6.45, 7) is 4.52. The van der Waals surface area contributed by atoms with Crippen LogP contribution in [0.15, 0.2) is 24.3 Å². The molecule has 1 fully saturated rings. The minimum atomic E-state index is -0.972. The van der Waals surface area contributed by atoms with Crippen LogP contribution >= 0.6 is 23.2 Å². The van der Waals surface area contributed by atoms with Gasteiger partial charge in [-0.15, -0.1) is 23.2 Å². The van der Waals surface area contributed by atoms with E-state index in [1.165, 1.54) is 0 Å². The summed E-state index contributed by atoms with van der Waals surface area (Å²) in [6, 6.07) is 7.14. The molecular formula is C15H18Cl2N2O2. The van der Waals surface area contributed by atoms with Crippen LogP contribution < -0.4 is 10.6 Å². The van der Waals surface area contributed by atoms with Gasteiger partial charge in [0, 0.05) is 18.7 Å². The Labute approximate surface area is 134 Å². The summed E-state index contributed by atoms with van der Waals surface area (Å²) >= 11 is 12.0. The second kappa shape index (κ2) is 5.85. The van der Waals surface area contributed by atoms with Crippen LogP contribution in [0.2, 0.25) is 0 Å². The standard InChI is InChI=1S/C15H18Cl2N2O2/c1-3-18-12(20)11-6-4-5-10(7-11)8-19-13(21)14(2)9-15(14,16)17/h4-7H,3,8-9H2,1-2H3,(H,18,20)(H,19,21)/t14-/m0/s1. The van der Waals surface area contributed by atoms with Crippen molar-refractivity contribution in [2.45, 2.75) is 31.1 Å². The number of hydrogen-bond donors (Lipinski definition) is 2. The van der Waals surface area contributed by atoms with Gasteiger partial charge >= 0.3 is 0 Å². The number of hydrogen-bond acceptors (Lipinski definition) is 2. The lowest BCUT2D eigenvalue weighted by molar-refractivity contribution is -0.125. The smallest absolute Gasteiger partial charge is 0.251 e. The highest BCUT2D eigenvalue weighted by molar-refractivity contribution is 6.53. The lowest BCUT2D eigenvalue weighted by Crippen LogP contribution is -2.32. The van der Waals surface area contributed by atoms with E-state index in [1.54, 1.807) is 25.1 Å². The quantitative estimate of drug-likeness (QED) is 0.816. The Bertz CT molecular complexity index is 575.